The van der Waals surface area contributed by atoms with Crippen LogP contribution >= 0.6 is 11.3 Å². The minimum Gasteiger partial charge on any atom is -0.476 e. The Labute approximate surface area is 182 Å². The predicted molar refractivity (Wildman–Crippen MR) is 112 cm³/mol. The number of nitrogen functional groups attached to an aromatic ring is 1. The number of esters is 1. The first-order valence-electron chi connectivity index (χ1n) is 9.28. The van der Waals surface area contributed by atoms with Crippen molar-refractivity contribution in [1.29, 1.82) is 0 Å². The SMILES string of the molecule is CC(C)(C)OC(=O)c1ccc2c(c1CO/N=C(\C(=O)O)c1csc(N)n1)OC(C)(C)O2. The summed E-state index contributed by atoms with van der Waals surface area (Å²) in [5.74, 6) is -2.14. The van der Waals surface area contributed by atoms with Crippen LogP contribution in [0.4, 0.5) is 5.13 Å². The van der Waals surface area contributed by atoms with Gasteiger partial charge >= 0.3 is 11.9 Å². The Kier molecular flexibility index (Phi) is 5.81. The number of hydrogen-bond acceptors (Lipinski definition) is 10. The van der Waals surface area contributed by atoms with E-state index in [9.17, 15) is 14.7 Å². The van der Waals surface area contributed by atoms with Crippen LogP contribution in [0.5, 0.6) is 11.5 Å². The molecule has 1 aromatic heterocycles. The van der Waals surface area contributed by atoms with Gasteiger partial charge in [-0.05, 0) is 32.9 Å². The monoisotopic (exact) mass is 449 g/mol. The third kappa shape index (κ3) is 5.23. The first kappa shape index (κ1) is 22.3. The Balaban J connectivity index is 1.94. The summed E-state index contributed by atoms with van der Waals surface area (Å²) in [5.41, 5.74) is 5.01. The molecule has 1 aliphatic rings. The van der Waals surface area contributed by atoms with Crippen molar-refractivity contribution >= 4 is 34.1 Å². The van der Waals surface area contributed by atoms with Crippen LogP contribution in [0.2, 0.25) is 0 Å². The van der Waals surface area contributed by atoms with Gasteiger partial charge in [-0.15, -0.1) is 11.3 Å². The average Bonchev–Trinajstić information content (AvgIpc) is 3.18. The Morgan fingerprint density at radius 3 is 2.58 bits per heavy atom. The summed E-state index contributed by atoms with van der Waals surface area (Å²) in [7, 11) is 0. The molecule has 10 nitrogen and oxygen atoms in total. The Bertz CT molecular complexity index is 1050. The molecule has 0 atom stereocenters. The van der Waals surface area contributed by atoms with E-state index >= 15 is 0 Å². The number of nitrogens with two attached hydrogens (primary N) is 1. The van der Waals surface area contributed by atoms with Crippen molar-refractivity contribution in [3.8, 4) is 11.5 Å². The first-order chi connectivity index (χ1) is 14.4. The van der Waals surface area contributed by atoms with Gasteiger partial charge in [0, 0.05) is 19.2 Å². The maximum atomic E-state index is 12.7. The highest BCUT2D eigenvalue weighted by molar-refractivity contribution is 7.13. The Hall–Kier alpha value is -3.34. The zero-order valence-corrected chi connectivity index (χ0v) is 18.5. The standard InChI is InChI=1S/C20H23N3O7S/c1-19(2,3)30-17(26)10-6-7-13-15(29-20(4,5)28-13)11(10)8-27-23-14(16(24)25)12-9-31-18(21)22-12/h6-7,9H,8H2,1-5H3,(H2,21,22)(H,24,25)/b23-14-. The van der Waals surface area contributed by atoms with Crippen molar-refractivity contribution in [2.75, 3.05) is 5.73 Å². The summed E-state index contributed by atoms with van der Waals surface area (Å²) in [6.45, 7) is 8.42. The van der Waals surface area contributed by atoms with Crippen LogP contribution in [-0.4, -0.2) is 39.1 Å². The first-order valence-corrected chi connectivity index (χ1v) is 10.2. The summed E-state index contributed by atoms with van der Waals surface area (Å²) < 4.78 is 17.0. The fourth-order valence-electron chi connectivity index (χ4n) is 2.75. The van der Waals surface area contributed by atoms with Crippen molar-refractivity contribution in [3.63, 3.8) is 0 Å². The molecule has 166 valence electrons. The van der Waals surface area contributed by atoms with Gasteiger partial charge in [0.05, 0.1) is 11.1 Å². The van der Waals surface area contributed by atoms with Crippen LogP contribution in [0.3, 0.4) is 0 Å². The molecule has 2 aromatic rings. The second kappa shape index (κ2) is 8.06. The Morgan fingerprint density at radius 2 is 2.00 bits per heavy atom. The lowest BCUT2D eigenvalue weighted by Gasteiger charge is -2.21. The minimum absolute atomic E-state index is 0.0707. The van der Waals surface area contributed by atoms with Crippen LogP contribution in [0, 0.1) is 0 Å². The van der Waals surface area contributed by atoms with Crippen LogP contribution in [0.1, 0.15) is 56.2 Å². The van der Waals surface area contributed by atoms with Gasteiger partial charge in [-0.1, -0.05) is 5.16 Å². The number of oxime groups is 1. The van der Waals surface area contributed by atoms with Crippen LogP contribution in [0.25, 0.3) is 0 Å². The van der Waals surface area contributed by atoms with Gasteiger partial charge in [0.1, 0.15) is 17.9 Å². The number of carboxylic acid groups (broad SMARTS) is 1. The second-order valence-electron chi connectivity index (χ2n) is 8.11. The number of fused-ring (bicyclic) bond motifs is 1. The third-order valence-corrected chi connectivity index (χ3v) is 4.55. The molecule has 0 aliphatic carbocycles. The van der Waals surface area contributed by atoms with E-state index in [1.165, 1.54) is 5.38 Å². The molecule has 0 fully saturated rings. The van der Waals surface area contributed by atoms with E-state index in [0.29, 0.717) is 17.1 Å². The maximum Gasteiger partial charge on any atom is 0.360 e. The highest BCUT2D eigenvalue weighted by Gasteiger charge is 2.36. The maximum absolute atomic E-state index is 12.7. The highest BCUT2D eigenvalue weighted by Crippen LogP contribution is 2.43. The van der Waals surface area contributed by atoms with Crippen molar-refractivity contribution in [2.45, 2.75) is 52.6 Å². The molecule has 1 aliphatic heterocycles. The normalized spacial score (nSPS) is 14.9. The van der Waals surface area contributed by atoms with E-state index < -0.39 is 29.0 Å². The van der Waals surface area contributed by atoms with Gasteiger partial charge in [0.25, 0.3) is 0 Å². The number of rotatable bonds is 6. The van der Waals surface area contributed by atoms with Gasteiger partial charge in [-0.25, -0.2) is 14.6 Å². The lowest BCUT2D eigenvalue weighted by molar-refractivity contribution is -0.129. The van der Waals surface area contributed by atoms with Gasteiger partial charge in [0.2, 0.25) is 11.5 Å². The molecule has 0 saturated heterocycles. The van der Waals surface area contributed by atoms with Crippen molar-refractivity contribution in [2.24, 2.45) is 5.16 Å². The zero-order chi connectivity index (χ0) is 23.0. The van der Waals surface area contributed by atoms with Gasteiger partial charge in [0.15, 0.2) is 16.6 Å². The summed E-state index contributed by atoms with van der Waals surface area (Å²) in [6.07, 6.45) is 0. The summed E-state index contributed by atoms with van der Waals surface area (Å²) >= 11 is 1.08. The average molecular weight is 449 g/mol. The van der Waals surface area contributed by atoms with E-state index in [-0.39, 0.29) is 23.0 Å². The molecule has 3 N–H and O–H groups in total. The van der Waals surface area contributed by atoms with Gasteiger partial charge in [-0.2, -0.15) is 0 Å². The molecule has 0 saturated carbocycles. The number of ether oxygens (including phenoxy) is 3. The van der Waals surface area contributed by atoms with E-state index in [4.69, 9.17) is 24.8 Å². The van der Waals surface area contributed by atoms with Gasteiger partial charge < -0.3 is 29.9 Å². The Morgan fingerprint density at radius 1 is 1.29 bits per heavy atom. The van der Waals surface area contributed by atoms with E-state index in [1.807, 2.05) is 0 Å². The molecule has 0 amide bonds. The molecule has 0 radical (unpaired) electrons. The van der Waals surface area contributed by atoms with Crippen molar-refractivity contribution in [1.82, 2.24) is 4.98 Å². The number of carboxylic acids is 1. The molecule has 3 rings (SSSR count). The summed E-state index contributed by atoms with van der Waals surface area (Å²) in [4.78, 5) is 33.5. The van der Waals surface area contributed by atoms with E-state index in [2.05, 4.69) is 10.1 Å². The summed E-state index contributed by atoms with van der Waals surface area (Å²) in [6, 6.07) is 3.15. The number of nitrogens with zero attached hydrogens (tertiary/aromatic N) is 2. The molecular weight excluding hydrogens is 426 g/mol. The van der Waals surface area contributed by atoms with Crippen LogP contribution in [0.15, 0.2) is 22.7 Å². The van der Waals surface area contributed by atoms with Crippen LogP contribution < -0.4 is 15.2 Å². The smallest absolute Gasteiger partial charge is 0.360 e. The number of carbonyl (C=O) groups is 2. The number of aromatic nitrogens is 1. The number of thiazole rings is 1. The molecule has 2 heterocycles. The molecule has 31 heavy (non-hydrogen) atoms. The lowest BCUT2D eigenvalue weighted by Crippen LogP contribution is -2.30. The molecule has 0 bridgehead atoms. The fraction of sp³-hybridized carbons (Fsp3) is 0.400. The topological polar surface area (TPSA) is 143 Å². The minimum atomic E-state index is -1.34. The van der Waals surface area contributed by atoms with E-state index in [0.717, 1.165) is 11.3 Å². The highest BCUT2D eigenvalue weighted by atomic mass is 32.1. The second-order valence-corrected chi connectivity index (χ2v) is 9.00. The van der Waals surface area contributed by atoms with Gasteiger partial charge in [-0.3, -0.25) is 0 Å². The molecular formula is C20H23N3O7S. The lowest BCUT2D eigenvalue weighted by atomic mass is 10.1. The quantitative estimate of drug-likeness (QED) is 0.386. The van der Waals surface area contributed by atoms with Crippen molar-refractivity contribution in [3.05, 3.63) is 34.3 Å². The number of anilines is 1. The zero-order valence-electron chi connectivity index (χ0n) is 17.7. The van der Waals surface area contributed by atoms with E-state index in [1.54, 1.807) is 46.8 Å². The van der Waals surface area contributed by atoms with Crippen LogP contribution in [-0.2, 0) is 21.0 Å². The number of aliphatic carboxylic acids is 1. The number of benzene rings is 1. The fourth-order valence-corrected chi connectivity index (χ4v) is 3.30. The summed E-state index contributed by atoms with van der Waals surface area (Å²) in [5, 5.41) is 14.8. The predicted octanol–water partition coefficient (Wildman–Crippen LogP) is 3.19. The number of hydrogen-bond donors (Lipinski definition) is 2. The largest absolute Gasteiger partial charge is 0.476 e. The third-order valence-electron chi connectivity index (χ3n) is 3.88. The molecule has 0 unspecified atom stereocenters. The molecule has 1 aromatic carbocycles. The molecule has 0 spiro atoms. The van der Waals surface area contributed by atoms with Crippen molar-refractivity contribution < 1.29 is 33.7 Å². The number of carbonyl (C=O) groups excluding carboxylic acids is 1. The molecule has 11 heteroatoms.